The zero-order valence-corrected chi connectivity index (χ0v) is 15.5. The van der Waals surface area contributed by atoms with E-state index in [0.717, 1.165) is 19.3 Å². The third kappa shape index (κ3) is 5.48. The van der Waals surface area contributed by atoms with Crippen molar-refractivity contribution in [2.24, 2.45) is 0 Å². The topological polar surface area (TPSA) is 58.2 Å². The van der Waals surface area contributed by atoms with Gasteiger partial charge in [0.1, 0.15) is 0 Å². The Kier molecular flexibility index (Phi) is 7.29. The van der Waals surface area contributed by atoms with E-state index in [1.54, 1.807) is 42.5 Å². The predicted octanol–water partition coefficient (Wildman–Crippen LogP) is 5.17. The summed E-state index contributed by atoms with van der Waals surface area (Å²) < 4.78 is 0. The summed E-state index contributed by atoms with van der Waals surface area (Å²) in [6.07, 6.45) is 3.16. The van der Waals surface area contributed by atoms with Crippen LogP contribution in [0.1, 0.15) is 46.9 Å². The average molecular weight is 379 g/mol. The highest BCUT2D eigenvalue weighted by atomic mass is 35.5. The van der Waals surface area contributed by atoms with Crippen molar-refractivity contribution >= 4 is 40.7 Å². The molecule has 0 aliphatic heterocycles. The third-order valence-corrected chi connectivity index (χ3v) is 4.49. The number of hydrogen-bond donors (Lipinski definition) is 2. The van der Waals surface area contributed by atoms with Crippen LogP contribution in [0.3, 0.4) is 0 Å². The van der Waals surface area contributed by atoms with Crippen LogP contribution in [-0.4, -0.2) is 18.4 Å². The first-order valence-corrected chi connectivity index (χ1v) is 8.92. The highest BCUT2D eigenvalue weighted by molar-refractivity contribution is 6.44. The fourth-order valence-corrected chi connectivity index (χ4v) is 2.59. The van der Waals surface area contributed by atoms with E-state index in [-0.39, 0.29) is 11.8 Å². The van der Waals surface area contributed by atoms with Crippen LogP contribution in [0.4, 0.5) is 5.69 Å². The molecular formula is C19H20Cl2N2O2. The molecule has 132 valence electrons. The lowest BCUT2D eigenvalue weighted by molar-refractivity contribution is 0.0951. The molecule has 2 aromatic rings. The molecule has 0 fully saturated rings. The zero-order valence-electron chi connectivity index (χ0n) is 13.9. The summed E-state index contributed by atoms with van der Waals surface area (Å²) in [7, 11) is 0. The van der Waals surface area contributed by atoms with Crippen molar-refractivity contribution in [3.8, 4) is 0 Å². The zero-order chi connectivity index (χ0) is 18.2. The van der Waals surface area contributed by atoms with Crippen molar-refractivity contribution in [1.29, 1.82) is 0 Å². The van der Waals surface area contributed by atoms with E-state index in [1.807, 2.05) is 0 Å². The Bertz CT molecular complexity index is 746. The molecule has 0 bridgehead atoms. The number of hydrogen-bond acceptors (Lipinski definition) is 2. The van der Waals surface area contributed by atoms with Crippen LogP contribution >= 0.6 is 23.2 Å². The van der Waals surface area contributed by atoms with Crippen LogP contribution in [0.5, 0.6) is 0 Å². The van der Waals surface area contributed by atoms with Gasteiger partial charge in [-0.05, 0) is 42.8 Å². The fraction of sp³-hybridized carbons (Fsp3) is 0.263. The monoisotopic (exact) mass is 378 g/mol. The van der Waals surface area contributed by atoms with Gasteiger partial charge < -0.3 is 10.6 Å². The molecule has 2 rings (SSSR count). The molecule has 25 heavy (non-hydrogen) atoms. The minimum Gasteiger partial charge on any atom is -0.352 e. The quantitative estimate of drug-likeness (QED) is 0.653. The van der Waals surface area contributed by atoms with Crippen molar-refractivity contribution in [2.45, 2.75) is 26.2 Å². The maximum Gasteiger partial charge on any atom is 0.255 e. The molecule has 0 unspecified atom stereocenters. The van der Waals surface area contributed by atoms with E-state index in [1.165, 1.54) is 0 Å². The number of benzene rings is 2. The Balaban J connectivity index is 1.98. The largest absolute Gasteiger partial charge is 0.352 e. The molecular weight excluding hydrogens is 359 g/mol. The van der Waals surface area contributed by atoms with Gasteiger partial charge in [0.15, 0.2) is 0 Å². The summed E-state index contributed by atoms with van der Waals surface area (Å²) in [5.74, 6) is -0.458. The Hall–Kier alpha value is -2.04. The summed E-state index contributed by atoms with van der Waals surface area (Å²) >= 11 is 12.0. The lowest BCUT2D eigenvalue weighted by Crippen LogP contribution is -2.24. The Morgan fingerprint density at radius 2 is 1.56 bits per heavy atom. The Labute approximate surface area is 157 Å². The van der Waals surface area contributed by atoms with Gasteiger partial charge in [-0.15, -0.1) is 0 Å². The van der Waals surface area contributed by atoms with E-state index in [2.05, 4.69) is 17.6 Å². The number of unbranched alkanes of at least 4 members (excludes halogenated alkanes) is 2. The predicted molar refractivity (Wildman–Crippen MR) is 103 cm³/mol. The van der Waals surface area contributed by atoms with Gasteiger partial charge in [0.05, 0.1) is 15.7 Å². The lowest BCUT2D eigenvalue weighted by atomic mass is 10.1. The first kappa shape index (κ1) is 19.3. The molecule has 2 amide bonds. The highest BCUT2D eigenvalue weighted by Gasteiger charge is 2.11. The molecule has 0 saturated heterocycles. The van der Waals surface area contributed by atoms with E-state index in [4.69, 9.17) is 23.2 Å². The number of rotatable bonds is 7. The smallest absolute Gasteiger partial charge is 0.255 e. The van der Waals surface area contributed by atoms with Gasteiger partial charge in [0.2, 0.25) is 0 Å². The van der Waals surface area contributed by atoms with E-state index >= 15 is 0 Å². The average Bonchev–Trinajstić information content (AvgIpc) is 2.62. The fourth-order valence-electron chi connectivity index (χ4n) is 2.25. The molecule has 0 heterocycles. The van der Waals surface area contributed by atoms with Crippen molar-refractivity contribution in [3.63, 3.8) is 0 Å². The second kappa shape index (κ2) is 9.44. The summed E-state index contributed by atoms with van der Waals surface area (Å²) in [5.41, 5.74) is 1.39. The van der Waals surface area contributed by atoms with Crippen LogP contribution in [0.25, 0.3) is 0 Å². The first-order chi connectivity index (χ1) is 12.0. The maximum atomic E-state index is 12.3. The standard InChI is InChI=1S/C19H20Cl2N2O2/c1-2-3-4-12-22-18(24)13-8-10-14(11-9-13)19(25)23-16-7-5-6-15(20)17(16)21/h5-11H,2-4,12H2,1H3,(H,22,24)(H,23,25). The second-order valence-electron chi connectivity index (χ2n) is 5.60. The summed E-state index contributed by atoms with van der Waals surface area (Å²) in [4.78, 5) is 24.3. The molecule has 0 radical (unpaired) electrons. The van der Waals surface area contributed by atoms with Gasteiger partial charge in [-0.2, -0.15) is 0 Å². The van der Waals surface area contributed by atoms with Gasteiger partial charge in [-0.3, -0.25) is 9.59 Å². The van der Waals surface area contributed by atoms with Crippen LogP contribution in [0.15, 0.2) is 42.5 Å². The van der Waals surface area contributed by atoms with Crippen molar-refractivity contribution < 1.29 is 9.59 Å². The number of carbonyl (C=O) groups is 2. The number of carbonyl (C=O) groups excluding carboxylic acids is 2. The van der Waals surface area contributed by atoms with Gasteiger partial charge in [-0.1, -0.05) is 49.0 Å². The van der Waals surface area contributed by atoms with E-state index in [9.17, 15) is 9.59 Å². The molecule has 0 aliphatic rings. The molecule has 2 aromatic carbocycles. The Morgan fingerprint density at radius 3 is 2.20 bits per heavy atom. The molecule has 0 saturated carbocycles. The molecule has 0 aromatic heterocycles. The maximum absolute atomic E-state index is 12.3. The molecule has 0 aliphatic carbocycles. The molecule has 2 N–H and O–H groups in total. The first-order valence-electron chi connectivity index (χ1n) is 8.16. The van der Waals surface area contributed by atoms with Crippen LogP contribution in [0.2, 0.25) is 10.0 Å². The van der Waals surface area contributed by atoms with Crippen molar-refractivity contribution in [3.05, 3.63) is 63.6 Å². The highest BCUT2D eigenvalue weighted by Crippen LogP contribution is 2.29. The summed E-state index contributed by atoms with van der Waals surface area (Å²) in [5, 5.41) is 6.24. The van der Waals surface area contributed by atoms with Gasteiger partial charge in [-0.25, -0.2) is 0 Å². The Morgan fingerprint density at radius 1 is 0.920 bits per heavy atom. The third-order valence-electron chi connectivity index (χ3n) is 3.67. The number of amides is 2. The van der Waals surface area contributed by atoms with Gasteiger partial charge >= 0.3 is 0 Å². The normalized spacial score (nSPS) is 10.4. The molecule has 6 heteroatoms. The second-order valence-corrected chi connectivity index (χ2v) is 6.38. The minimum absolute atomic E-state index is 0.138. The molecule has 0 spiro atoms. The van der Waals surface area contributed by atoms with Crippen molar-refractivity contribution in [2.75, 3.05) is 11.9 Å². The SMILES string of the molecule is CCCCCNC(=O)c1ccc(C(=O)Nc2cccc(Cl)c2Cl)cc1. The van der Waals surface area contributed by atoms with E-state index < -0.39 is 0 Å². The minimum atomic E-state index is -0.320. The van der Waals surface area contributed by atoms with Gasteiger partial charge in [0.25, 0.3) is 11.8 Å². The van der Waals surface area contributed by atoms with E-state index in [0.29, 0.717) is 33.4 Å². The summed E-state index contributed by atoms with van der Waals surface area (Å²) in [6, 6.07) is 11.5. The van der Waals surface area contributed by atoms with Crippen molar-refractivity contribution in [1.82, 2.24) is 5.32 Å². The molecule has 4 nitrogen and oxygen atoms in total. The number of halogens is 2. The number of nitrogens with one attached hydrogen (secondary N) is 2. The summed E-state index contributed by atoms with van der Waals surface area (Å²) in [6.45, 7) is 2.77. The number of anilines is 1. The van der Waals surface area contributed by atoms with Crippen LogP contribution < -0.4 is 10.6 Å². The van der Waals surface area contributed by atoms with Gasteiger partial charge in [0, 0.05) is 17.7 Å². The van der Waals surface area contributed by atoms with Crippen LogP contribution in [0, 0.1) is 0 Å². The van der Waals surface area contributed by atoms with Crippen LogP contribution in [-0.2, 0) is 0 Å². The molecule has 0 atom stereocenters. The lowest BCUT2D eigenvalue weighted by Gasteiger charge is -2.09.